The van der Waals surface area contributed by atoms with Crippen LogP contribution in [-0.2, 0) is 0 Å². The minimum Gasteiger partial charge on any atom is -0.347 e. The van der Waals surface area contributed by atoms with Crippen molar-refractivity contribution in [1.29, 1.82) is 0 Å². The number of carbonyl (C=O) groups excluding carboxylic acids is 1. The number of aliphatic imine (C=N–C) groups is 1. The molecule has 1 amide bonds. The van der Waals surface area contributed by atoms with Crippen molar-refractivity contribution in [2.45, 2.75) is 31.3 Å². The predicted molar refractivity (Wildman–Crippen MR) is 85.3 cm³/mol. The first kappa shape index (κ1) is 14.6. The highest BCUT2D eigenvalue weighted by atomic mass is 32.1. The van der Waals surface area contributed by atoms with Crippen molar-refractivity contribution in [1.82, 2.24) is 20.3 Å². The highest BCUT2D eigenvalue weighted by Gasteiger charge is 2.29. The number of carbonyl (C=O) groups is 1. The number of amides is 1. The Hall–Kier alpha value is -2.37. The quantitative estimate of drug-likeness (QED) is 0.692. The predicted octanol–water partition coefficient (Wildman–Crippen LogP) is 2.02. The Labute approximate surface area is 133 Å². The molecule has 1 aliphatic carbocycles. The van der Waals surface area contributed by atoms with Crippen molar-refractivity contribution >= 4 is 23.3 Å². The van der Waals surface area contributed by atoms with Crippen LogP contribution in [0.15, 0.2) is 41.7 Å². The molecule has 6 nitrogen and oxygen atoms in total. The molecule has 1 N–H and O–H groups in total. The first-order valence-electron chi connectivity index (χ1n) is 7.13. The molecule has 1 aliphatic rings. The molecule has 0 spiro atoms. The van der Waals surface area contributed by atoms with Gasteiger partial charge in [0.2, 0.25) is 0 Å². The molecule has 22 heavy (non-hydrogen) atoms. The Morgan fingerprint density at radius 2 is 2.09 bits per heavy atom. The lowest BCUT2D eigenvalue weighted by molar-refractivity contribution is 0.0934. The first-order valence-corrected chi connectivity index (χ1v) is 7.54. The summed E-state index contributed by atoms with van der Waals surface area (Å²) < 4.78 is 0. The first-order chi connectivity index (χ1) is 10.8. The Balaban J connectivity index is 1.83. The van der Waals surface area contributed by atoms with Crippen LogP contribution in [0.5, 0.6) is 0 Å². The number of nitrogens with one attached hydrogen (secondary N) is 1. The SMILES string of the molecule is O=C(N[C@H]1CCC[C@@H]1N=C=S)c1ccccc1-n1nccn1. The number of nitrogens with zero attached hydrogens (tertiary/aromatic N) is 4. The molecule has 1 heterocycles. The van der Waals surface area contributed by atoms with Crippen LogP contribution in [0.4, 0.5) is 0 Å². The van der Waals surface area contributed by atoms with Crippen molar-refractivity contribution in [3.63, 3.8) is 0 Å². The van der Waals surface area contributed by atoms with Gasteiger partial charge >= 0.3 is 0 Å². The molecule has 7 heteroatoms. The van der Waals surface area contributed by atoms with Gasteiger partial charge in [-0.15, -0.1) is 0 Å². The summed E-state index contributed by atoms with van der Waals surface area (Å²) in [5, 5.41) is 13.6. The molecule has 0 unspecified atom stereocenters. The molecule has 2 aromatic rings. The van der Waals surface area contributed by atoms with E-state index >= 15 is 0 Å². The van der Waals surface area contributed by atoms with Crippen molar-refractivity contribution in [2.75, 3.05) is 0 Å². The fourth-order valence-corrected chi connectivity index (χ4v) is 2.89. The van der Waals surface area contributed by atoms with E-state index in [9.17, 15) is 4.79 Å². The Morgan fingerprint density at radius 1 is 1.32 bits per heavy atom. The smallest absolute Gasteiger partial charge is 0.253 e. The summed E-state index contributed by atoms with van der Waals surface area (Å²) in [5.74, 6) is -0.149. The van der Waals surface area contributed by atoms with Gasteiger partial charge in [0.15, 0.2) is 0 Å². The lowest BCUT2D eigenvalue weighted by Gasteiger charge is -2.17. The van der Waals surface area contributed by atoms with Gasteiger partial charge in [0, 0.05) is 0 Å². The van der Waals surface area contributed by atoms with E-state index in [1.807, 2.05) is 18.2 Å². The van der Waals surface area contributed by atoms with Gasteiger partial charge in [-0.05, 0) is 43.6 Å². The molecule has 1 aromatic heterocycles. The van der Waals surface area contributed by atoms with Crippen molar-refractivity contribution < 1.29 is 4.79 Å². The number of hydrogen-bond acceptors (Lipinski definition) is 5. The second-order valence-electron chi connectivity index (χ2n) is 5.13. The lowest BCUT2D eigenvalue weighted by Crippen LogP contribution is -2.39. The normalized spacial score (nSPS) is 20.4. The van der Waals surface area contributed by atoms with E-state index in [4.69, 9.17) is 0 Å². The third-order valence-corrected chi connectivity index (χ3v) is 3.90. The monoisotopic (exact) mass is 313 g/mol. The fraction of sp³-hybridized carbons (Fsp3) is 0.333. The van der Waals surface area contributed by atoms with Gasteiger partial charge < -0.3 is 5.32 Å². The van der Waals surface area contributed by atoms with E-state index in [1.54, 1.807) is 18.5 Å². The van der Waals surface area contributed by atoms with Crippen LogP contribution in [0.1, 0.15) is 29.6 Å². The second-order valence-corrected chi connectivity index (χ2v) is 5.32. The van der Waals surface area contributed by atoms with Crippen LogP contribution in [-0.4, -0.2) is 38.1 Å². The zero-order chi connectivity index (χ0) is 15.4. The number of benzene rings is 1. The largest absolute Gasteiger partial charge is 0.347 e. The Bertz CT molecular complexity index is 708. The van der Waals surface area contributed by atoms with E-state index in [-0.39, 0.29) is 18.0 Å². The minimum absolute atomic E-state index is 0.00147. The average Bonchev–Trinajstić information content (AvgIpc) is 3.20. The molecule has 1 fully saturated rings. The third kappa shape index (κ3) is 2.95. The standard InChI is InChI=1S/C15H15N5OS/c21-15(19-13-6-3-5-12(13)16-10-22)11-4-1-2-7-14(11)20-17-8-9-18-20/h1-2,4,7-9,12-13H,3,5-6H2,(H,19,21)/t12-,13-/m0/s1. The molecule has 112 valence electrons. The van der Waals surface area contributed by atoms with Crippen molar-refractivity contribution in [2.24, 2.45) is 4.99 Å². The summed E-state index contributed by atoms with van der Waals surface area (Å²) in [6.07, 6.45) is 6.01. The number of isothiocyanates is 1. The molecule has 0 bridgehead atoms. The van der Waals surface area contributed by atoms with E-state index in [0.29, 0.717) is 11.3 Å². The van der Waals surface area contributed by atoms with E-state index < -0.39 is 0 Å². The second kappa shape index (κ2) is 6.60. The number of para-hydroxylation sites is 1. The van der Waals surface area contributed by atoms with Crippen LogP contribution >= 0.6 is 12.2 Å². The summed E-state index contributed by atoms with van der Waals surface area (Å²) in [6, 6.07) is 7.28. The number of aromatic nitrogens is 3. The van der Waals surface area contributed by atoms with Crippen LogP contribution in [0.3, 0.4) is 0 Å². The zero-order valence-electron chi connectivity index (χ0n) is 11.8. The molecule has 3 rings (SSSR count). The van der Waals surface area contributed by atoms with Crippen LogP contribution in [0.2, 0.25) is 0 Å². The van der Waals surface area contributed by atoms with E-state index in [0.717, 1.165) is 19.3 Å². The van der Waals surface area contributed by atoms with E-state index in [2.05, 4.69) is 37.9 Å². The van der Waals surface area contributed by atoms with Gasteiger partial charge in [-0.2, -0.15) is 15.0 Å². The molecule has 0 saturated heterocycles. The van der Waals surface area contributed by atoms with Gasteiger partial charge in [0.05, 0.1) is 40.9 Å². The molecule has 0 radical (unpaired) electrons. The van der Waals surface area contributed by atoms with Gasteiger partial charge in [0.25, 0.3) is 5.91 Å². The van der Waals surface area contributed by atoms with Gasteiger partial charge in [0.1, 0.15) is 0 Å². The maximum atomic E-state index is 12.6. The third-order valence-electron chi connectivity index (χ3n) is 3.80. The van der Waals surface area contributed by atoms with Gasteiger partial charge in [-0.3, -0.25) is 4.79 Å². The number of hydrogen-bond donors (Lipinski definition) is 1. The topological polar surface area (TPSA) is 72.2 Å². The molecule has 1 aromatic carbocycles. The summed E-state index contributed by atoms with van der Waals surface area (Å²) in [6.45, 7) is 0. The fourth-order valence-electron chi connectivity index (χ4n) is 2.76. The summed E-state index contributed by atoms with van der Waals surface area (Å²) in [4.78, 5) is 18.2. The molecular weight excluding hydrogens is 298 g/mol. The highest BCUT2D eigenvalue weighted by Crippen LogP contribution is 2.23. The maximum Gasteiger partial charge on any atom is 0.253 e. The van der Waals surface area contributed by atoms with Crippen molar-refractivity contribution in [3.05, 3.63) is 42.2 Å². The molecular formula is C15H15N5OS. The summed E-state index contributed by atoms with van der Waals surface area (Å²) in [7, 11) is 0. The van der Waals surface area contributed by atoms with Crippen LogP contribution < -0.4 is 5.32 Å². The van der Waals surface area contributed by atoms with Crippen LogP contribution in [0.25, 0.3) is 5.69 Å². The number of thiocarbonyl (C=S) groups is 1. The zero-order valence-corrected chi connectivity index (χ0v) is 12.7. The summed E-state index contributed by atoms with van der Waals surface area (Å²) >= 11 is 4.67. The van der Waals surface area contributed by atoms with Gasteiger partial charge in [-0.1, -0.05) is 12.1 Å². The highest BCUT2D eigenvalue weighted by molar-refractivity contribution is 7.78. The molecule has 2 atom stereocenters. The van der Waals surface area contributed by atoms with Gasteiger partial charge in [-0.25, -0.2) is 4.99 Å². The van der Waals surface area contributed by atoms with Crippen molar-refractivity contribution in [3.8, 4) is 5.69 Å². The average molecular weight is 313 g/mol. The lowest BCUT2D eigenvalue weighted by atomic mass is 10.1. The van der Waals surface area contributed by atoms with E-state index in [1.165, 1.54) is 4.80 Å². The Morgan fingerprint density at radius 3 is 2.86 bits per heavy atom. The van der Waals surface area contributed by atoms with Crippen LogP contribution in [0, 0.1) is 0 Å². The summed E-state index contributed by atoms with van der Waals surface area (Å²) in [5.41, 5.74) is 1.19. The Kier molecular flexibility index (Phi) is 4.37. The maximum absolute atomic E-state index is 12.6. The molecule has 1 saturated carbocycles. The minimum atomic E-state index is -0.149. The molecule has 0 aliphatic heterocycles. The number of rotatable bonds is 4.